The molecule has 2 heterocycles. The van der Waals surface area contributed by atoms with E-state index in [4.69, 9.17) is 5.11 Å². The molecule has 0 spiro atoms. The topological polar surface area (TPSA) is 80.0 Å². The van der Waals surface area contributed by atoms with Gasteiger partial charge in [-0.05, 0) is 33.3 Å². The first-order chi connectivity index (χ1) is 9.52. The summed E-state index contributed by atoms with van der Waals surface area (Å²) in [5.74, 6) is -0.195. The highest BCUT2D eigenvalue weighted by molar-refractivity contribution is 5.96. The number of hydrogen-bond acceptors (Lipinski definition) is 4. The maximum Gasteiger partial charge on any atom is 0.253 e. The van der Waals surface area contributed by atoms with Crippen molar-refractivity contribution < 1.29 is 9.90 Å². The quantitative estimate of drug-likeness (QED) is 0.867. The normalized spacial score (nSPS) is 12.8. The number of aromatic nitrogens is 3. The summed E-state index contributed by atoms with van der Waals surface area (Å²) in [6, 6.07) is 1.94. The van der Waals surface area contributed by atoms with Crippen LogP contribution in [0.25, 0.3) is 11.2 Å². The van der Waals surface area contributed by atoms with Gasteiger partial charge < -0.3 is 15.0 Å². The maximum absolute atomic E-state index is 12.0. The number of carbonyl (C=O) groups is 1. The van der Waals surface area contributed by atoms with Gasteiger partial charge in [0.2, 0.25) is 0 Å². The first kappa shape index (κ1) is 14.5. The van der Waals surface area contributed by atoms with Crippen molar-refractivity contribution in [1.29, 1.82) is 0 Å². The predicted molar refractivity (Wildman–Crippen MR) is 76.5 cm³/mol. The second kappa shape index (κ2) is 6.00. The Morgan fingerprint density at radius 3 is 2.80 bits per heavy atom. The smallest absolute Gasteiger partial charge is 0.253 e. The Kier molecular flexibility index (Phi) is 4.34. The zero-order valence-corrected chi connectivity index (χ0v) is 12.0. The first-order valence-electron chi connectivity index (χ1n) is 6.77. The highest BCUT2D eigenvalue weighted by Crippen LogP contribution is 2.16. The van der Waals surface area contributed by atoms with Crippen molar-refractivity contribution in [2.75, 3.05) is 6.61 Å². The van der Waals surface area contributed by atoms with Crippen LogP contribution in [0.1, 0.15) is 43.6 Å². The Morgan fingerprint density at radius 1 is 1.40 bits per heavy atom. The summed E-state index contributed by atoms with van der Waals surface area (Å²) in [6.45, 7) is 6.02. The molecule has 0 bridgehead atoms. The van der Waals surface area contributed by atoms with E-state index in [1.165, 1.54) is 0 Å². The van der Waals surface area contributed by atoms with Crippen LogP contribution in [-0.2, 0) is 0 Å². The molecule has 0 aliphatic carbocycles. The molecule has 2 aromatic rings. The first-order valence-corrected chi connectivity index (χ1v) is 6.77. The molecule has 0 saturated heterocycles. The number of hydrogen-bond donors (Lipinski definition) is 2. The van der Waals surface area contributed by atoms with Gasteiger partial charge in [-0.15, -0.1) is 0 Å². The molecule has 0 fully saturated rings. The van der Waals surface area contributed by atoms with Crippen LogP contribution in [0.2, 0.25) is 0 Å². The minimum absolute atomic E-state index is 0.0531. The van der Waals surface area contributed by atoms with E-state index < -0.39 is 0 Å². The summed E-state index contributed by atoms with van der Waals surface area (Å²) in [4.78, 5) is 20.7. The van der Waals surface area contributed by atoms with Gasteiger partial charge in [0.1, 0.15) is 5.52 Å². The van der Waals surface area contributed by atoms with Crippen LogP contribution in [0.5, 0.6) is 0 Å². The molecule has 1 atom stereocenters. The van der Waals surface area contributed by atoms with Gasteiger partial charge in [0, 0.05) is 24.9 Å². The van der Waals surface area contributed by atoms with E-state index in [0.29, 0.717) is 17.5 Å². The molecule has 1 amide bonds. The molecule has 0 radical (unpaired) electrons. The third-order valence-corrected chi connectivity index (χ3v) is 3.17. The molecule has 6 heteroatoms. The summed E-state index contributed by atoms with van der Waals surface area (Å²) in [7, 11) is 0. The average Bonchev–Trinajstić information content (AvgIpc) is 2.81. The number of fused-ring (bicyclic) bond motifs is 1. The Labute approximate surface area is 117 Å². The Balaban J connectivity index is 2.22. The molecule has 108 valence electrons. The van der Waals surface area contributed by atoms with E-state index >= 15 is 0 Å². The summed E-state index contributed by atoms with van der Waals surface area (Å²) >= 11 is 0. The van der Waals surface area contributed by atoms with E-state index in [1.807, 2.05) is 11.5 Å². The summed E-state index contributed by atoms with van der Waals surface area (Å²) < 4.78 is 1.96. The van der Waals surface area contributed by atoms with E-state index in [2.05, 4.69) is 29.1 Å². The molecule has 6 nitrogen and oxygen atoms in total. The lowest BCUT2D eigenvalue weighted by atomic mass is 10.2. The fourth-order valence-electron chi connectivity index (χ4n) is 1.99. The van der Waals surface area contributed by atoms with Crippen molar-refractivity contribution in [3.05, 3.63) is 24.2 Å². The Hall–Kier alpha value is -1.95. The van der Waals surface area contributed by atoms with Crippen LogP contribution >= 0.6 is 0 Å². The summed E-state index contributed by atoms with van der Waals surface area (Å²) in [5, 5.41) is 11.7. The molecular weight excluding hydrogens is 256 g/mol. The van der Waals surface area contributed by atoms with Gasteiger partial charge in [0.15, 0.2) is 5.65 Å². The number of amides is 1. The van der Waals surface area contributed by atoms with Crippen molar-refractivity contribution in [2.24, 2.45) is 0 Å². The number of rotatable bonds is 5. The lowest BCUT2D eigenvalue weighted by Gasteiger charge is -2.12. The lowest BCUT2D eigenvalue weighted by molar-refractivity contribution is 0.0934. The fraction of sp³-hybridized carbons (Fsp3) is 0.500. The molecule has 0 saturated carbocycles. The van der Waals surface area contributed by atoms with Gasteiger partial charge in [-0.1, -0.05) is 0 Å². The van der Waals surface area contributed by atoms with Gasteiger partial charge >= 0.3 is 0 Å². The summed E-state index contributed by atoms with van der Waals surface area (Å²) in [6.07, 6.45) is 3.83. The second-order valence-electron chi connectivity index (χ2n) is 5.20. The van der Waals surface area contributed by atoms with Crippen molar-refractivity contribution in [3.8, 4) is 0 Å². The highest BCUT2D eigenvalue weighted by atomic mass is 16.3. The summed E-state index contributed by atoms with van der Waals surface area (Å²) in [5.41, 5.74) is 1.97. The van der Waals surface area contributed by atoms with Crippen LogP contribution < -0.4 is 5.32 Å². The monoisotopic (exact) mass is 276 g/mol. The highest BCUT2D eigenvalue weighted by Gasteiger charge is 2.13. The van der Waals surface area contributed by atoms with E-state index in [0.717, 1.165) is 5.65 Å². The van der Waals surface area contributed by atoms with Gasteiger partial charge in [-0.3, -0.25) is 4.79 Å². The Bertz CT molecular complexity index is 606. The second-order valence-corrected chi connectivity index (χ2v) is 5.20. The van der Waals surface area contributed by atoms with E-state index in [9.17, 15) is 4.79 Å². The fourth-order valence-corrected chi connectivity index (χ4v) is 1.99. The molecule has 2 aromatic heterocycles. The van der Waals surface area contributed by atoms with Crippen LogP contribution in [0.3, 0.4) is 0 Å². The third kappa shape index (κ3) is 2.96. The third-order valence-electron chi connectivity index (χ3n) is 3.17. The van der Waals surface area contributed by atoms with Gasteiger partial charge in [-0.2, -0.15) is 0 Å². The van der Waals surface area contributed by atoms with Crippen molar-refractivity contribution in [2.45, 2.75) is 39.3 Å². The molecule has 0 aliphatic rings. The van der Waals surface area contributed by atoms with Crippen LogP contribution in [0.15, 0.2) is 18.6 Å². The standard InChI is InChI=1S/C14H20N4O2/c1-9(2)18-8-16-12-6-11(7-15-13(12)18)14(20)17-10(3)4-5-19/h6-10,19H,4-5H2,1-3H3,(H,17,20). The molecule has 20 heavy (non-hydrogen) atoms. The van der Waals surface area contributed by atoms with Crippen LogP contribution in [0, 0.1) is 0 Å². The zero-order valence-electron chi connectivity index (χ0n) is 12.0. The zero-order chi connectivity index (χ0) is 14.7. The minimum atomic E-state index is -0.195. The predicted octanol–water partition coefficient (Wildman–Crippen LogP) is 1.51. The number of aliphatic hydroxyl groups excluding tert-OH is 1. The van der Waals surface area contributed by atoms with E-state index in [-0.39, 0.29) is 24.6 Å². The van der Waals surface area contributed by atoms with Crippen molar-refractivity contribution in [3.63, 3.8) is 0 Å². The van der Waals surface area contributed by atoms with Gasteiger partial charge in [0.25, 0.3) is 5.91 Å². The van der Waals surface area contributed by atoms with Crippen molar-refractivity contribution >= 4 is 17.1 Å². The molecule has 0 aliphatic heterocycles. The number of aliphatic hydroxyl groups is 1. The lowest BCUT2D eigenvalue weighted by Crippen LogP contribution is -2.33. The number of pyridine rings is 1. The molecule has 2 rings (SSSR count). The van der Waals surface area contributed by atoms with E-state index in [1.54, 1.807) is 18.6 Å². The average molecular weight is 276 g/mol. The Morgan fingerprint density at radius 2 is 2.15 bits per heavy atom. The number of nitrogens with one attached hydrogen (secondary N) is 1. The number of carbonyl (C=O) groups excluding carboxylic acids is 1. The van der Waals surface area contributed by atoms with Crippen LogP contribution in [-0.4, -0.2) is 38.2 Å². The minimum Gasteiger partial charge on any atom is -0.396 e. The number of imidazole rings is 1. The largest absolute Gasteiger partial charge is 0.396 e. The maximum atomic E-state index is 12.0. The SMILES string of the molecule is CC(CCO)NC(=O)c1cnc2c(c1)ncn2C(C)C. The van der Waals surface area contributed by atoms with Crippen LogP contribution in [0.4, 0.5) is 0 Å². The number of nitrogens with zero attached hydrogens (tertiary/aromatic N) is 3. The van der Waals surface area contributed by atoms with Gasteiger partial charge in [0.05, 0.1) is 11.9 Å². The molecule has 2 N–H and O–H groups in total. The molecular formula is C14H20N4O2. The molecule has 1 unspecified atom stereocenters. The van der Waals surface area contributed by atoms with Gasteiger partial charge in [-0.25, -0.2) is 9.97 Å². The van der Waals surface area contributed by atoms with Crippen molar-refractivity contribution in [1.82, 2.24) is 19.9 Å². The molecule has 0 aromatic carbocycles.